The molecule has 0 saturated heterocycles. The molecule has 0 fully saturated rings. The van der Waals surface area contributed by atoms with Crippen molar-refractivity contribution >= 4 is 27.3 Å². The molecule has 1 N–H and O–H groups in total. The fourth-order valence-corrected chi connectivity index (χ4v) is 4.01. The van der Waals surface area contributed by atoms with Crippen LogP contribution >= 0.6 is 27.3 Å². The third-order valence-corrected chi connectivity index (χ3v) is 5.25. The van der Waals surface area contributed by atoms with Gasteiger partial charge in [-0.3, -0.25) is 0 Å². The van der Waals surface area contributed by atoms with Gasteiger partial charge in [0, 0.05) is 20.8 Å². The summed E-state index contributed by atoms with van der Waals surface area (Å²) in [4.78, 5) is 1.49. The van der Waals surface area contributed by atoms with Crippen LogP contribution in [0.15, 0.2) is 15.9 Å². The Kier molecular flexibility index (Phi) is 8.20. The highest BCUT2D eigenvalue weighted by atomic mass is 79.9. The van der Waals surface area contributed by atoms with E-state index in [0.717, 1.165) is 12.5 Å². The quantitative estimate of drug-likeness (QED) is 0.651. The molecule has 2 atom stereocenters. The molecule has 0 bridgehead atoms. The van der Waals surface area contributed by atoms with E-state index in [0.29, 0.717) is 6.04 Å². The smallest absolute Gasteiger partial charge is 0.0285 e. The third-order valence-electron chi connectivity index (χ3n) is 3.53. The second-order valence-corrected chi connectivity index (χ2v) is 6.82. The van der Waals surface area contributed by atoms with Crippen molar-refractivity contribution in [3.8, 4) is 0 Å². The SMILES string of the molecule is CCCCC(CC)C(Cc1cc(Br)cs1)NCC. The molecule has 0 aliphatic carbocycles. The maximum atomic E-state index is 3.69. The first-order valence-electron chi connectivity index (χ1n) is 7.17. The van der Waals surface area contributed by atoms with E-state index >= 15 is 0 Å². The zero-order valence-electron chi connectivity index (χ0n) is 11.8. The molecule has 0 saturated carbocycles. The van der Waals surface area contributed by atoms with E-state index < -0.39 is 0 Å². The number of unbranched alkanes of at least 4 members (excludes halogenated alkanes) is 1. The van der Waals surface area contributed by atoms with Crippen molar-refractivity contribution in [3.63, 3.8) is 0 Å². The first-order valence-corrected chi connectivity index (χ1v) is 8.84. The number of thiophene rings is 1. The van der Waals surface area contributed by atoms with Gasteiger partial charge in [-0.25, -0.2) is 0 Å². The maximum Gasteiger partial charge on any atom is 0.0285 e. The summed E-state index contributed by atoms with van der Waals surface area (Å²) in [5, 5.41) is 5.88. The molecule has 0 aliphatic heterocycles. The van der Waals surface area contributed by atoms with Gasteiger partial charge in [0.25, 0.3) is 0 Å². The van der Waals surface area contributed by atoms with Crippen LogP contribution < -0.4 is 5.32 Å². The predicted octanol–water partition coefficient (Wildman–Crippen LogP) is 5.25. The second-order valence-electron chi connectivity index (χ2n) is 4.91. The molecular formula is C15H26BrNS. The number of likely N-dealkylation sites (N-methyl/N-ethyl adjacent to an activating group) is 1. The van der Waals surface area contributed by atoms with Gasteiger partial charge < -0.3 is 5.32 Å². The van der Waals surface area contributed by atoms with Gasteiger partial charge in [0.2, 0.25) is 0 Å². The van der Waals surface area contributed by atoms with E-state index in [1.54, 1.807) is 0 Å². The Hall–Kier alpha value is 0.140. The minimum Gasteiger partial charge on any atom is -0.314 e. The molecule has 0 amide bonds. The van der Waals surface area contributed by atoms with Crippen molar-refractivity contribution in [1.29, 1.82) is 0 Å². The Morgan fingerprint density at radius 3 is 2.61 bits per heavy atom. The van der Waals surface area contributed by atoms with Crippen molar-refractivity contribution in [3.05, 3.63) is 20.8 Å². The Labute approximate surface area is 125 Å². The Morgan fingerprint density at radius 2 is 2.11 bits per heavy atom. The van der Waals surface area contributed by atoms with Crippen molar-refractivity contribution < 1.29 is 0 Å². The van der Waals surface area contributed by atoms with Crippen molar-refractivity contribution in [2.24, 2.45) is 5.92 Å². The molecule has 1 aromatic heterocycles. The molecule has 1 nitrogen and oxygen atoms in total. The van der Waals surface area contributed by atoms with Gasteiger partial charge >= 0.3 is 0 Å². The van der Waals surface area contributed by atoms with Crippen LogP contribution in [-0.2, 0) is 6.42 Å². The summed E-state index contributed by atoms with van der Waals surface area (Å²) in [6.07, 6.45) is 6.47. The maximum absolute atomic E-state index is 3.69. The Bertz CT molecular complexity index is 324. The summed E-state index contributed by atoms with van der Waals surface area (Å²) in [5.41, 5.74) is 0. The van der Waals surface area contributed by atoms with Gasteiger partial charge in [-0.1, -0.05) is 40.0 Å². The lowest BCUT2D eigenvalue weighted by Crippen LogP contribution is -2.37. The molecule has 18 heavy (non-hydrogen) atoms. The zero-order valence-corrected chi connectivity index (χ0v) is 14.2. The van der Waals surface area contributed by atoms with E-state index in [1.165, 1.54) is 41.5 Å². The molecule has 104 valence electrons. The van der Waals surface area contributed by atoms with Crippen molar-refractivity contribution in [2.45, 2.75) is 58.9 Å². The summed E-state index contributed by atoms with van der Waals surface area (Å²) in [7, 11) is 0. The molecule has 2 unspecified atom stereocenters. The molecule has 3 heteroatoms. The highest BCUT2D eigenvalue weighted by Crippen LogP contribution is 2.25. The molecule has 1 aromatic rings. The highest BCUT2D eigenvalue weighted by Gasteiger charge is 2.19. The lowest BCUT2D eigenvalue weighted by molar-refractivity contribution is 0.321. The summed E-state index contributed by atoms with van der Waals surface area (Å²) in [6, 6.07) is 2.90. The normalized spacial score (nSPS) is 14.7. The van der Waals surface area contributed by atoms with Crippen LogP contribution in [0.2, 0.25) is 0 Å². The van der Waals surface area contributed by atoms with Gasteiger partial charge in [-0.05, 0) is 47.3 Å². The van der Waals surface area contributed by atoms with Crippen LogP contribution in [0.4, 0.5) is 0 Å². The van der Waals surface area contributed by atoms with Gasteiger partial charge in [0.15, 0.2) is 0 Å². The average Bonchev–Trinajstić information content (AvgIpc) is 2.76. The zero-order chi connectivity index (χ0) is 13.4. The molecule has 0 spiro atoms. The standard InChI is InChI=1S/C15H26BrNS/c1-4-7-8-12(5-2)15(17-6-3)10-14-9-13(16)11-18-14/h9,11-12,15,17H,4-8,10H2,1-3H3. The fraction of sp³-hybridized carbons (Fsp3) is 0.733. The monoisotopic (exact) mass is 331 g/mol. The number of hydrogen-bond acceptors (Lipinski definition) is 2. The summed E-state index contributed by atoms with van der Waals surface area (Å²) < 4.78 is 1.22. The Balaban J connectivity index is 2.61. The van der Waals surface area contributed by atoms with Gasteiger partial charge in [-0.15, -0.1) is 11.3 Å². The Morgan fingerprint density at radius 1 is 1.33 bits per heavy atom. The van der Waals surface area contributed by atoms with E-state index in [1.807, 2.05) is 11.3 Å². The predicted molar refractivity (Wildman–Crippen MR) is 86.5 cm³/mol. The van der Waals surface area contributed by atoms with Crippen LogP contribution in [-0.4, -0.2) is 12.6 Å². The highest BCUT2D eigenvalue weighted by molar-refractivity contribution is 9.10. The largest absolute Gasteiger partial charge is 0.314 e. The lowest BCUT2D eigenvalue weighted by Gasteiger charge is -2.26. The minimum atomic E-state index is 0.636. The van der Waals surface area contributed by atoms with E-state index in [2.05, 4.69) is 53.5 Å². The summed E-state index contributed by atoms with van der Waals surface area (Å²) in [5.74, 6) is 0.811. The van der Waals surface area contributed by atoms with Crippen molar-refractivity contribution in [2.75, 3.05) is 6.54 Å². The molecular weight excluding hydrogens is 306 g/mol. The number of halogens is 1. The molecule has 0 radical (unpaired) electrons. The molecule has 0 aliphatic rings. The fourth-order valence-electron chi connectivity index (χ4n) is 2.50. The van der Waals surface area contributed by atoms with Gasteiger partial charge in [-0.2, -0.15) is 0 Å². The van der Waals surface area contributed by atoms with Gasteiger partial charge in [0.1, 0.15) is 0 Å². The molecule has 1 heterocycles. The van der Waals surface area contributed by atoms with Crippen molar-refractivity contribution in [1.82, 2.24) is 5.32 Å². The second kappa shape index (κ2) is 9.11. The van der Waals surface area contributed by atoms with E-state index in [4.69, 9.17) is 0 Å². The molecule has 1 rings (SSSR count). The summed E-state index contributed by atoms with van der Waals surface area (Å²) >= 11 is 5.42. The summed E-state index contributed by atoms with van der Waals surface area (Å²) in [6.45, 7) is 7.89. The number of hydrogen-bond donors (Lipinski definition) is 1. The van der Waals surface area contributed by atoms with Crippen LogP contribution in [0.25, 0.3) is 0 Å². The molecule has 0 aromatic carbocycles. The number of nitrogens with one attached hydrogen (secondary N) is 1. The minimum absolute atomic E-state index is 0.636. The first-order chi connectivity index (χ1) is 8.71. The van der Waals surface area contributed by atoms with Gasteiger partial charge in [0.05, 0.1) is 0 Å². The average molecular weight is 332 g/mol. The third kappa shape index (κ3) is 5.41. The topological polar surface area (TPSA) is 12.0 Å². The van der Waals surface area contributed by atoms with E-state index in [-0.39, 0.29) is 0 Å². The van der Waals surface area contributed by atoms with Crippen LogP contribution in [0.1, 0.15) is 51.3 Å². The van der Waals surface area contributed by atoms with Crippen LogP contribution in [0.5, 0.6) is 0 Å². The first kappa shape index (κ1) is 16.2. The van der Waals surface area contributed by atoms with Crippen LogP contribution in [0.3, 0.4) is 0 Å². The van der Waals surface area contributed by atoms with E-state index in [9.17, 15) is 0 Å². The number of rotatable bonds is 9. The lowest BCUT2D eigenvalue weighted by atomic mass is 9.89. The van der Waals surface area contributed by atoms with Crippen LogP contribution in [0, 0.1) is 5.92 Å².